The van der Waals surface area contributed by atoms with Crippen molar-refractivity contribution in [2.24, 2.45) is 0 Å². The summed E-state index contributed by atoms with van der Waals surface area (Å²) in [5, 5.41) is 0. The monoisotopic (exact) mass is 509 g/mol. The van der Waals surface area contributed by atoms with E-state index in [0.29, 0.717) is 27.8 Å². The standard InChI is InChI=1S/C31H27NO6/c1-4-36-30(34)27-24(21-13-8-6-9-14-21)26(23-17-12-18-32-19-23)29(38-20(3)33)28(31(35)37-5-2)25(27)22-15-10-7-11-16-22/h6-19H,4-5H2,1-3H3. The summed E-state index contributed by atoms with van der Waals surface area (Å²) in [6.45, 7) is 4.83. The van der Waals surface area contributed by atoms with Gasteiger partial charge in [-0.2, -0.15) is 0 Å². The number of carbonyl (C=O) groups is 3. The van der Waals surface area contributed by atoms with Crippen LogP contribution in [0.3, 0.4) is 0 Å². The molecule has 1 heterocycles. The van der Waals surface area contributed by atoms with Crippen LogP contribution in [-0.4, -0.2) is 36.1 Å². The zero-order valence-electron chi connectivity index (χ0n) is 21.4. The van der Waals surface area contributed by atoms with Gasteiger partial charge in [0.25, 0.3) is 0 Å². The first kappa shape index (κ1) is 26.3. The first-order valence-electron chi connectivity index (χ1n) is 12.3. The first-order chi connectivity index (χ1) is 18.5. The Morgan fingerprint density at radius 3 is 1.68 bits per heavy atom. The minimum Gasteiger partial charge on any atom is -0.462 e. The molecule has 0 atom stereocenters. The van der Waals surface area contributed by atoms with Gasteiger partial charge in [-0.25, -0.2) is 9.59 Å². The molecule has 0 aliphatic carbocycles. The molecule has 38 heavy (non-hydrogen) atoms. The maximum Gasteiger partial charge on any atom is 0.342 e. The summed E-state index contributed by atoms with van der Waals surface area (Å²) in [5.74, 6) is -2.02. The molecule has 0 spiro atoms. The molecule has 0 aliphatic rings. The topological polar surface area (TPSA) is 91.8 Å². The van der Waals surface area contributed by atoms with Gasteiger partial charge in [0.2, 0.25) is 0 Å². The van der Waals surface area contributed by atoms with Gasteiger partial charge in [0.1, 0.15) is 5.56 Å². The van der Waals surface area contributed by atoms with Crippen LogP contribution in [0.5, 0.6) is 5.75 Å². The van der Waals surface area contributed by atoms with Crippen molar-refractivity contribution in [3.05, 3.63) is 96.3 Å². The van der Waals surface area contributed by atoms with E-state index in [2.05, 4.69) is 4.98 Å². The number of rotatable bonds is 8. The molecule has 0 saturated carbocycles. The highest BCUT2D eigenvalue weighted by atomic mass is 16.5. The Morgan fingerprint density at radius 1 is 0.658 bits per heavy atom. The Labute approximate surface area is 221 Å². The van der Waals surface area contributed by atoms with Crippen molar-refractivity contribution in [1.82, 2.24) is 4.98 Å². The Kier molecular flexibility index (Phi) is 8.28. The number of hydrogen-bond donors (Lipinski definition) is 0. The van der Waals surface area contributed by atoms with Crippen molar-refractivity contribution in [3.8, 4) is 39.1 Å². The van der Waals surface area contributed by atoms with Crippen LogP contribution in [0.4, 0.5) is 0 Å². The number of esters is 3. The van der Waals surface area contributed by atoms with Gasteiger partial charge >= 0.3 is 17.9 Å². The van der Waals surface area contributed by atoms with Crippen LogP contribution in [0.25, 0.3) is 33.4 Å². The second-order valence-corrected chi connectivity index (χ2v) is 8.21. The molecule has 0 bridgehead atoms. The zero-order chi connectivity index (χ0) is 27.1. The van der Waals surface area contributed by atoms with Crippen LogP contribution >= 0.6 is 0 Å². The van der Waals surface area contributed by atoms with E-state index in [9.17, 15) is 14.4 Å². The van der Waals surface area contributed by atoms with Crippen molar-refractivity contribution in [3.63, 3.8) is 0 Å². The Bertz CT molecular complexity index is 1450. The third kappa shape index (κ3) is 5.32. The second kappa shape index (κ2) is 12.0. The maximum absolute atomic E-state index is 13.8. The Balaban J connectivity index is 2.34. The van der Waals surface area contributed by atoms with E-state index in [1.165, 1.54) is 6.92 Å². The summed E-state index contributed by atoms with van der Waals surface area (Å²) in [6, 6.07) is 21.7. The highest BCUT2D eigenvalue weighted by Gasteiger charge is 2.35. The van der Waals surface area contributed by atoms with E-state index in [4.69, 9.17) is 14.2 Å². The number of ether oxygens (including phenoxy) is 3. The number of pyridine rings is 1. The molecule has 0 saturated heterocycles. The van der Waals surface area contributed by atoms with Crippen molar-refractivity contribution < 1.29 is 28.6 Å². The number of aromatic nitrogens is 1. The summed E-state index contributed by atoms with van der Waals surface area (Å²) in [4.78, 5) is 44.1. The normalized spacial score (nSPS) is 10.5. The molecule has 0 N–H and O–H groups in total. The Hall–Kier alpha value is -4.78. The summed E-state index contributed by atoms with van der Waals surface area (Å²) in [6.07, 6.45) is 3.19. The molecule has 4 aromatic rings. The van der Waals surface area contributed by atoms with E-state index in [1.807, 2.05) is 36.4 Å². The van der Waals surface area contributed by atoms with Crippen LogP contribution in [0, 0.1) is 0 Å². The first-order valence-corrected chi connectivity index (χ1v) is 12.3. The number of benzene rings is 3. The van der Waals surface area contributed by atoms with Crippen LogP contribution in [-0.2, 0) is 14.3 Å². The van der Waals surface area contributed by atoms with Gasteiger partial charge in [-0.15, -0.1) is 0 Å². The summed E-state index contributed by atoms with van der Waals surface area (Å²) < 4.78 is 16.8. The van der Waals surface area contributed by atoms with Gasteiger partial charge < -0.3 is 14.2 Å². The molecule has 0 fully saturated rings. The molecule has 0 amide bonds. The van der Waals surface area contributed by atoms with Crippen molar-refractivity contribution >= 4 is 17.9 Å². The van der Waals surface area contributed by atoms with Crippen LogP contribution in [0.2, 0.25) is 0 Å². The molecular weight excluding hydrogens is 482 g/mol. The van der Waals surface area contributed by atoms with Gasteiger partial charge in [-0.05, 0) is 31.0 Å². The van der Waals surface area contributed by atoms with Crippen LogP contribution < -0.4 is 4.74 Å². The predicted molar refractivity (Wildman–Crippen MR) is 144 cm³/mol. The average molecular weight is 510 g/mol. The number of nitrogens with zero attached hydrogens (tertiary/aromatic N) is 1. The molecule has 4 rings (SSSR count). The second-order valence-electron chi connectivity index (χ2n) is 8.21. The van der Waals surface area contributed by atoms with E-state index in [0.717, 1.165) is 0 Å². The van der Waals surface area contributed by atoms with Gasteiger partial charge in [-0.3, -0.25) is 9.78 Å². The number of carbonyl (C=O) groups excluding carboxylic acids is 3. The lowest BCUT2D eigenvalue weighted by atomic mass is 9.82. The number of hydrogen-bond acceptors (Lipinski definition) is 7. The van der Waals surface area contributed by atoms with E-state index >= 15 is 0 Å². The summed E-state index contributed by atoms with van der Waals surface area (Å²) in [7, 11) is 0. The van der Waals surface area contributed by atoms with Crippen LogP contribution in [0.1, 0.15) is 41.5 Å². The zero-order valence-corrected chi connectivity index (χ0v) is 21.4. The van der Waals surface area contributed by atoms with Crippen molar-refractivity contribution in [2.75, 3.05) is 13.2 Å². The fraction of sp³-hybridized carbons (Fsp3) is 0.161. The fourth-order valence-electron chi connectivity index (χ4n) is 4.35. The molecule has 7 heteroatoms. The van der Waals surface area contributed by atoms with E-state index in [1.54, 1.807) is 62.6 Å². The van der Waals surface area contributed by atoms with Gasteiger partial charge in [0.15, 0.2) is 5.75 Å². The lowest BCUT2D eigenvalue weighted by molar-refractivity contribution is -0.131. The van der Waals surface area contributed by atoms with E-state index < -0.39 is 17.9 Å². The lowest BCUT2D eigenvalue weighted by Gasteiger charge is -2.25. The van der Waals surface area contributed by atoms with Gasteiger partial charge in [0.05, 0.1) is 18.8 Å². The van der Waals surface area contributed by atoms with Gasteiger partial charge in [0, 0.05) is 41.6 Å². The molecule has 7 nitrogen and oxygen atoms in total. The SMILES string of the molecule is CCOC(=O)c1c(OC(C)=O)c(-c2cccnc2)c(-c2ccccc2)c(C(=O)OCC)c1-c1ccccc1. The molecule has 192 valence electrons. The van der Waals surface area contributed by atoms with Crippen molar-refractivity contribution in [2.45, 2.75) is 20.8 Å². The average Bonchev–Trinajstić information content (AvgIpc) is 2.93. The van der Waals surface area contributed by atoms with Crippen molar-refractivity contribution in [1.29, 1.82) is 0 Å². The third-order valence-corrected chi connectivity index (χ3v) is 5.73. The predicted octanol–water partition coefficient (Wildman–Crippen LogP) is 6.36. The summed E-state index contributed by atoms with van der Waals surface area (Å²) >= 11 is 0. The van der Waals surface area contributed by atoms with Gasteiger partial charge in [-0.1, -0.05) is 66.7 Å². The van der Waals surface area contributed by atoms with Crippen LogP contribution in [0.15, 0.2) is 85.2 Å². The molecular formula is C31H27NO6. The maximum atomic E-state index is 13.8. The Morgan fingerprint density at radius 2 is 1.18 bits per heavy atom. The smallest absolute Gasteiger partial charge is 0.342 e. The molecule has 0 aliphatic heterocycles. The van der Waals surface area contributed by atoms with E-state index in [-0.39, 0.29) is 35.7 Å². The molecule has 1 aromatic heterocycles. The largest absolute Gasteiger partial charge is 0.462 e. The fourth-order valence-corrected chi connectivity index (χ4v) is 4.35. The minimum absolute atomic E-state index is 0.0188. The third-order valence-electron chi connectivity index (χ3n) is 5.73. The lowest BCUT2D eigenvalue weighted by Crippen LogP contribution is -2.18. The summed E-state index contributed by atoms with van der Waals surface area (Å²) in [5.41, 5.74) is 2.92. The molecule has 0 unspecified atom stereocenters. The molecule has 0 radical (unpaired) electrons. The minimum atomic E-state index is -0.738. The highest BCUT2D eigenvalue weighted by Crippen LogP contribution is 2.49. The highest BCUT2D eigenvalue weighted by molar-refractivity contribution is 6.16. The quantitative estimate of drug-likeness (QED) is 0.202. The molecule has 3 aromatic carbocycles.